The van der Waals surface area contributed by atoms with Gasteiger partial charge in [-0.3, -0.25) is 4.79 Å². The van der Waals surface area contributed by atoms with Crippen molar-refractivity contribution in [3.8, 4) is 16.9 Å². The number of furan rings is 1. The zero-order valence-corrected chi connectivity index (χ0v) is 22.0. The number of nitrogens with one attached hydrogen (secondary N) is 1. The first-order chi connectivity index (χ1) is 18.4. The van der Waals surface area contributed by atoms with Crippen LogP contribution >= 0.6 is 22.9 Å². The van der Waals surface area contributed by atoms with Gasteiger partial charge >= 0.3 is 5.97 Å². The van der Waals surface area contributed by atoms with Crippen molar-refractivity contribution in [1.82, 2.24) is 5.32 Å². The van der Waals surface area contributed by atoms with Crippen LogP contribution in [0, 0.1) is 6.92 Å². The lowest BCUT2D eigenvalue weighted by Crippen LogP contribution is -2.42. The minimum absolute atomic E-state index is 0.0942. The normalized spacial score (nSPS) is 11.8. The van der Waals surface area contributed by atoms with Gasteiger partial charge in [0.15, 0.2) is 5.76 Å². The number of thiophene rings is 1. The quantitative estimate of drug-likeness (QED) is 0.206. The molecule has 0 bridgehead atoms. The van der Waals surface area contributed by atoms with E-state index in [2.05, 4.69) is 5.32 Å². The van der Waals surface area contributed by atoms with E-state index in [1.807, 2.05) is 59.3 Å². The van der Waals surface area contributed by atoms with Gasteiger partial charge in [-0.1, -0.05) is 48.0 Å². The fraction of sp³-hybridized carbons (Fsp3) is 0.133. The van der Waals surface area contributed by atoms with Crippen molar-refractivity contribution in [3.63, 3.8) is 0 Å². The van der Waals surface area contributed by atoms with E-state index in [0.717, 1.165) is 27.6 Å². The maximum atomic E-state index is 13.1. The van der Waals surface area contributed by atoms with Gasteiger partial charge in [-0.25, -0.2) is 4.79 Å². The van der Waals surface area contributed by atoms with Crippen molar-refractivity contribution in [2.75, 3.05) is 0 Å². The average molecular weight is 546 g/mol. The van der Waals surface area contributed by atoms with Crippen LogP contribution < -0.4 is 10.1 Å². The van der Waals surface area contributed by atoms with Crippen LogP contribution in [0.5, 0.6) is 5.75 Å². The van der Waals surface area contributed by atoms with E-state index in [9.17, 15) is 14.7 Å². The second kappa shape index (κ2) is 11.1. The molecule has 5 aromatic rings. The predicted octanol–water partition coefficient (Wildman–Crippen LogP) is 7.13. The lowest BCUT2D eigenvalue weighted by atomic mass is 10.0. The maximum absolute atomic E-state index is 13.1. The van der Waals surface area contributed by atoms with E-state index in [1.165, 1.54) is 0 Å². The Morgan fingerprint density at radius 1 is 1.00 bits per heavy atom. The van der Waals surface area contributed by atoms with Crippen molar-refractivity contribution < 1.29 is 23.8 Å². The van der Waals surface area contributed by atoms with Crippen molar-refractivity contribution >= 4 is 45.8 Å². The minimum Gasteiger partial charge on any atom is -0.489 e. The van der Waals surface area contributed by atoms with Gasteiger partial charge in [0, 0.05) is 22.4 Å². The molecule has 3 aromatic carbocycles. The number of carbonyl (C=O) groups is 2. The number of rotatable bonds is 9. The topological polar surface area (TPSA) is 88.8 Å². The van der Waals surface area contributed by atoms with Crippen LogP contribution in [-0.4, -0.2) is 23.0 Å². The molecule has 2 heterocycles. The Bertz CT molecular complexity index is 1570. The van der Waals surface area contributed by atoms with Gasteiger partial charge in [0.25, 0.3) is 5.91 Å². The highest BCUT2D eigenvalue weighted by atomic mass is 35.5. The van der Waals surface area contributed by atoms with Crippen molar-refractivity contribution in [2.45, 2.75) is 26.0 Å². The highest BCUT2D eigenvalue weighted by Crippen LogP contribution is 2.30. The summed E-state index contributed by atoms with van der Waals surface area (Å²) in [5.41, 5.74) is 4.93. The van der Waals surface area contributed by atoms with Crippen molar-refractivity contribution in [1.29, 1.82) is 0 Å². The average Bonchev–Trinajstić information content (AvgIpc) is 3.56. The van der Waals surface area contributed by atoms with E-state index in [1.54, 1.807) is 42.5 Å². The number of carboxylic acid groups (broad SMARTS) is 1. The van der Waals surface area contributed by atoms with Gasteiger partial charge < -0.3 is 19.6 Å². The molecule has 1 atom stereocenters. The summed E-state index contributed by atoms with van der Waals surface area (Å²) in [5, 5.41) is 17.9. The summed E-state index contributed by atoms with van der Waals surface area (Å²) < 4.78 is 11.7. The summed E-state index contributed by atoms with van der Waals surface area (Å²) >= 11 is 7.61. The summed E-state index contributed by atoms with van der Waals surface area (Å²) in [6, 6.07) is 21.2. The smallest absolute Gasteiger partial charge is 0.326 e. The Morgan fingerprint density at radius 2 is 1.74 bits per heavy atom. The largest absolute Gasteiger partial charge is 0.489 e. The molecule has 5 rings (SSSR count). The molecule has 2 N–H and O–H groups in total. The highest BCUT2D eigenvalue weighted by molar-refractivity contribution is 7.07. The van der Waals surface area contributed by atoms with Crippen LogP contribution in [0.3, 0.4) is 0 Å². The Morgan fingerprint density at radius 3 is 2.42 bits per heavy atom. The van der Waals surface area contributed by atoms with E-state index in [-0.39, 0.29) is 12.2 Å². The zero-order valence-electron chi connectivity index (χ0n) is 20.4. The number of carbonyl (C=O) groups excluding carboxylic acids is 1. The summed E-state index contributed by atoms with van der Waals surface area (Å²) in [4.78, 5) is 25.1. The molecule has 2 aromatic heterocycles. The molecule has 0 fully saturated rings. The zero-order chi connectivity index (χ0) is 26.6. The Balaban J connectivity index is 1.28. The molecule has 38 heavy (non-hydrogen) atoms. The SMILES string of the molecule is Cc1c(C(=O)N[C@@H](Cc2ccc(OCc3ccsc3)cc2)C(=O)O)oc2cc(-c3ccc(Cl)cc3)ccc12. The van der Waals surface area contributed by atoms with E-state index in [0.29, 0.717) is 28.5 Å². The summed E-state index contributed by atoms with van der Waals surface area (Å²) in [6.07, 6.45) is 0.117. The van der Waals surface area contributed by atoms with E-state index in [4.69, 9.17) is 20.8 Å². The molecule has 0 aliphatic carbocycles. The third-order valence-corrected chi connectivity index (χ3v) is 7.26. The summed E-state index contributed by atoms with van der Waals surface area (Å²) in [6.45, 7) is 2.25. The first-order valence-corrected chi connectivity index (χ1v) is 13.2. The molecule has 0 spiro atoms. The number of benzene rings is 3. The second-order valence-electron chi connectivity index (χ2n) is 8.91. The monoisotopic (exact) mass is 545 g/mol. The Hall–Kier alpha value is -4.07. The van der Waals surface area contributed by atoms with Crippen LogP contribution in [0.4, 0.5) is 0 Å². The van der Waals surface area contributed by atoms with Crippen LogP contribution in [0.25, 0.3) is 22.1 Å². The standard InChI is InChI=1S/C30H24ClNO5S/c1-18-25-11-6-22(21-4-7-23(31)8-5-21)15-27(25)37-28(18)29(33)32-26(30(34)35)14-19-2-9-24(10-3-19)36-16-20-12-13-38-17-20/h2-13,15,17,26H,14,16H2,1H3,(H,32,33)(H,34,35)/t26-/m0/s1. The predicted molar refractivity (Wildman–Crippen MR) is 149 cm³/mol. The number of amides is 1. The molecule has 0 aliphatic heterocycles. The number of aryl methyl sites for hydroxylation is 1. The van der Waals surface area contributed by atoms with Gasteiger partial charge in [0.2, 0.25) is 0 Å². The number of ether oxygens (including phenoxy) is 1. The van der Waals surface area contributed by atoms with Gasteiger partial charge in [-0.2, -0.15) is 11.3 Å². The number of hydrogen-bond donors (Lipinski definition) is 2. The first kappa shape index (κ1) is 25.6. The molecule has 0 aliphatic rings. The Labute approximate surface area is 228 Å². The van der Waals surface area contributed by atoms with Crippen molar-refractivity contribution in [2.24, 2.45) is 0 Å². The summed E-state index contributed by atoms with van der Waals surface area (Å²) in [7, 11) is 0. The molecular formula is C30H24ClNO5S. The first-order valence-electron chi connectivity index (χ1n) is 11.9. The number of halogens is 1. The third kappa shape index (κ3) is 5.74. The highest BCUT2D eigenvalue weighted by Gasteiger charge is 2.25. The number of fused-ring (bicyclic) bond motifs is 1. The van der Waals surface area contributed by atoms with Crippen LogP contribution in [0.2, 0.25) is 5.02 Å². The van der Waals surface area contributed by atoms with Gasteiger partial charge in [-0.05, 0) is 76.3 Å². The Kier molecular flexibility index (Phi) is 7.49. The van der Waals surface area contributed by atoms with Gasteiger partial charge in [-0.15, -0.1) is 0 Å². The molecule has 6 nitrogen and oxygen atoms in total. The van der Waals surface area contributed by atoms with Crippen LogP contribution in [0.15, 0.2) is 88.0 Å². The van der Waals surface area contributed by atoms with Crippen LogP contribution in [0.1, 0.15) is 27.2 Å². The van der Waals surface area contributed by atoms with Crippen molar-refractivity contribution in [3.05, 3.63) is 111 Å². The third-order valence-electron chi connectivity index (χ3n) is 6.27. The molecule has 0 saturated heterocycles. The minimum atomic E-state index is -1.13. The molecule has 192 valence electrons. The van der Waals surface area contributed by atoms with E-state index < -0.39 is 17.9 Å². The molecule has 0 saturated carbocycles. The maximum Gasteiger partial charge on any atom is 0.326 e. The van der Waals surface area contributed by atoms with Gasteiger partial charge in [0.1, 0.15) is 24.0 Å². The van der Waals surface area contributed by atoms with Gasteiger partial charge in [0.05, 0.1) is 0 Å². The van der Waals surface area contributed by atoms with Crippen LogP contribution in [-0.2, 0) is 17.8 Å². The second-order valence-corrected chi connectivity index (χ2v) is 10.1. The molecule has 0 unspecified atom stereocenters. The molecule has 0 radical (unpaired) electrons. The molecule has 8 heteroatoms. The molecular weight excluding hydrogens is 522 g/mol. The molecule has 1 amide bonds. The number of carboxylic acids is 1. The fourth-order valence-corrected chi connectivity index (χ4v) is 4.97. The van der Waals surface area contributed by atoms with E-state index >= 15 is 0 Å². The lowest BCUT2D eigenvalue weighted by molar-refractivity contribution is -0.139. The number of aliphatic carboxylic acids is 1. The summed E-state index contributed by atoms with van der Waals surface area (Å²) in [5.74, 6) is -0.923. The fourth-order valence-electron chi connectivity index (χ4n) is 4.19. The number of hydrogen-bond acceptors (Lipinski definition) is 5. The lowest BCUT2D eigenvalue weighted by Gasteiger charge is -2.14.